The van der Waals surface area contributed by atoms with Gasteiger partial charge in [-0.2, -0.15) is 0 Å². The fraction of sp³-hybridized carbons (Fsp3) is 0.350. The van der Waals surface area contributed by atoms with Gasteiger partial charge in [-0.25, -0.2) is 0 Å². The van der Waals surface area contributed by atoms with Crippen molar-refractivity contribution in [1.29, 1.82) is 0 Å². The second-order valence-corrected chi connectivity index (χ2v) is 6.70. The van der Waals surface area contributed by atoms with E-state index in [4.69, 9.17) is 21.1 Å². The molecule has 0 radical (unpaired) electrons. The van der Waals surface area contributed by atoms with E-state index in [1.165, 1.54) is 0 Å². The fourth-order valence-corrected chi connectivity index (χ4v) is 3.19. The van der Waals surface area contributed by atoms with Gasteiger partial charge in [0.25, 0.3) is 5.91 Å². The van der Waals surface area contributed by atoms with E-state index in [1.54, 1.807) is 25.3 Å². The van der Waals surface area contributed by atoms with E-state index >= 15 is 0 Å². The van der Waals surface area contributed by atoms with Crippen LogP contribution >= 0.6 is 24.0 Å². The van der Waals surface area contributed by atoms with E-state index in [1.807, 2.05) is 36.1 Å². The Hall–Kier alpha value is -1.95. The second-order valence-electron chi connectivity index (χ2n) is 6.30. The van der Waals surface area contributed by atoms with Gasteiger partial charge in [0.1, 0.15) is 6.61 Å². The van der Waals surface area contributed by atoms with Gasteiger partial charge in [0.15, 0.2) is 11.5 Å². The first-order valence-electron chi connectivity index (χ1n) is 8.66. The highest BCUT2D eigenvalue weighted by atomic mass is 35.5. The molecule has 1 saturated heterocycles. The summed E-state index contributed by atoms with van der Waals surface area (Å²) in [5, 5.41) is 3.95. The molecular formula is C20H24Cl2N2O3. The van der Waals surface area contributed by atoms with Crippen LogP contribution in [0.3, 0.4) is 0 Å². The highest BCUT2D eigenvalue weighted by molar-refractivity contribution is 6.31. The van der Waals surface area contributed by atoms with Gasteiger partial charge in [-0.15, -0.1) is 12.4 Å². The van der Waals surface area contributed by atoms with Gasteiger partial charge < -0.3 is 19.7 Å². The van der Waals surface area contributed by atoms with Gasteiger partial charge in [0, 0.05) is 41.8 Å². The minimum absolute atomic E-state index is 0. The molecule has 0 aliphatic carbocycles. The van der Waals surface area contributed by atoms with E-state index in [9.17, 15) is 4.79 Å². The van der Waals surface area contributed by atoms with Gasteiger partial charge in [-0.1, -0.05) is 29.8 Å². The van der Waals surface area contributed by atoms with Gasteiger partial charge in [0.2, 0.25) is 0 Å². The molecule has 0 spiro atoms. The second kappa shape index (κ2) is 9.83. The first-order valence-corrected chi connectivity index (χ1v) is 9.04. The quantitative estimate of drug-likeness (QED) is 0.814. The Morgan fingerprint density at radius 2 is 2.04 bits per heavy atom. The van der Waals surface area contributed by atoms with Crippen molar-refractivity contribution in [2.24, 2.45) is 0 Å². The van der Waals surface area contributed by atoms with Gasteiger partial charge >= 0.3 is 0 Å². The molecule has 7 heteroatoms. The lowest BCUT2D eigenvalue weighted by molar-refractivity contribution is 0.0655. The molecule has 1 fully saturated rings. The first-order chi connectivity index (χ1) is 12.6. The number of hydrogen-bond donors (Lipinski definition) is 1. The SMILES string of the molecule is COc1cc(C(=O)N2CCNC[C@@H]2C)ccc1OCc1ccccc1Cl.Cl. The Morgan fingerprint density at radius 1 is 1.26 bits per heavy atom. The minimum Gasteiger partial charge on any atom is -0.493 e. The molecule has 2 aromatic rings. The third-order valence-corrected chi connectivity index (χ3v) is 4.88. The molecule has 1 heterocycles. The third kappa shape index (κ3) is 5.06. The van der Waals surface area contributed by atoms with Crippen molar-refractivity contribution in [3.05, 3.63) is 58.6 Å². The van der Waals surface area contributed by atoms with Gasteiger partial charge in [-0.05, 0) is 31.2 Å². The van der Waals surface area contributed by atoms with E-state index in [-0.39, 0.29) is 24.4 Å². The molecule has 1 N–H and O–H groups in total. The smallest absolute Gasteiger partial charge is 0.254 e. The number of nitrogens with one attached hydrogen (secondary N) is 1. The molecule has 3 rings (SSSR count). The highest BCUT2D eigenvalue weighted by Gasteiger charge is 2.24. The van der Waals surface area contributed by atoms with Gasteiger partial charge in [-0.3, -0.25) is 4.79 Å². The molecule has 5 nitrogen and oxygen atoms in total. The third-order valence-electron chi connectivity index (χ3n) is 4.51. The van der Waals surface area contributed by atoms with Crippen LogP contribution in [0, 0.1) is 0 Å². The number of ether oxygens (including phenoxy) is 2. The average molecular weight is 411 g/mol. The largest absolute Gasteiger partial charge is 0.493 e. The lowest BCUT2D eigenvalue weighted by Crippen LogP contribution is -2.52. The summed E-state index contributed by atoms with van der Waals surface area (Å²) in [4.78, 5) is 14.7. The predicted molar refractivity (Wildman–Crippen MR) is 109 cm³/mol. The summed E-state index contributed by atoms with van der Waals surface area (Å²) in [6.45, 7) is 4.70. The average Bonchev–Trinajstić information content (AvgIpc) is 2.67. The maximum Gasteiger partial charge on any atom is 0.254 e. The molecule has 1 aliphatic rings. The van der Waals surface area contributed by atoms with Crippen LogP contribution in [0.2, 0.25) is 5.02 Å². The van der Waals surface area contributed by atoms with Crippen molar-refractivity contribution < 1.29 is 14.3 Å². The maximum absolute atomic E-state index is 12.8. The van der Waals surface area contributed by atoms with Crippen molar-refractivity contribution in [2.45, 2.75) is 19.6 Å². The number of hydrogen-bond acceptors (Lipinski definition) is 4. The van der Waals surface area contributed by atoms with E-state index < -0.39 is 0 Å². The molecule has 146 valence electrons. The van der Waals surface area contributed by atoms with Crippen LogP contribution in [0.5, 0.6) is 11.5 Å². The van der Waals surface area contributed by atoms with Crippen molar-refractivity contribution in [1.82, 2.24) is 10.2 Å². The summed E-state index contributed by atoms with van der Waals surface area (Å²) in [5.41, 5.74) is 1.49. The zero-order chi connectivity index (χ0) is 18.5. The summed E-state index contributed by atoms with van der Waals surface area (Å²) in [5.74, 6) is 1.12. The fourth-order valence-electron chi connectivity index (χ4n) is 3.00. The topological polar surface area (TPSA) is 50.8 Å². The van der Waals surface area contributed by atoms with Crippen LogP contribution in [0.1, 0.15) is 22.8 Å². The predicted octanol–water partition coefficient (Wildman–Crippen LogP) is 3.78. The number of halogens is 2. The van der Waals surface area contributed by atoms with Crippen LogP contribution in [-0.4, -0.2) is 43.6 Å². The molecular weight excluding hydrogens is 387 g/mol. The number of carbonyl (C=O) groups is 1. The standard InChI is InChI=1S/C20H23ClN2O3.ClH/c1-14-12-22-9-10-23(14)20(24)15-7-8-18(19(11-15)25-2)26-13-16-5-3-4-6-17(16)21;/h3-8,11,14,22H,9-10,12-13H2,1-2H3;1H/t14-;/m0./s1. The summed E-state index contributed by atoms with van der Waals surface area (Å²) >= 11 is 6.16. The number of rotatable bonds is 5. The van der Waals surface area contributed by atoms with Gasteiger partial charge in [0.05, 0.1) is 7.11 Å². The van der Waals surface area contributed by atoms with Crippen LogP contribution in [0.25, 0.3) is 0 Å². The molecule has 0 saturated carbocycles. The van der Waals surface area contributed by atoms with E-state index in [0.717, 1.165) is 18.7 Å². The summed E-state index contributed by atoms with van der Waals surface area (Å²) in [6, 6.07) is 13.0. The lowest BCUT2D eigenvalue weighted by Gasteiger charge is -2.34. The summed E-state index contributed by atoms with van der Waals surface area (Å²) < 4.78 is 11.3. The maximum atomic E-state index is 12.8. The molecule has 0 bridgehead atoms. The number of nitrogens with zero attached hydrogens (tertiary/aromatic N) is 1. The van der Waals surface area contributed by atoms with Crippen LogP contribution in [0.15, 0.2) is 42.5 Å². The molecule has 1 atom stereocenters. The summed E-state index contributed by atoms with van der Waals surface area (Å²) in [7, 11) is 1.57. The Labute approximate surface area is 171 Å². The Kier molecular flexibility index (Phi) is 7.78. The van der Waals surface area contributed by atoms with Crippen LogP contribution < -0.4 is 14.8 Å². The monoisotopic (exact) mass is 410 g/mol. The summed E-state index contributed by atoms with van der Waals surface area (Å²) in [6.07, 6.45) is 0. The number of benzene rings is 2. The molecule has 2 aromatic carbocycles. The molecule has 1 amide bonds. The van der Waals surface area contributed by atoms with Crippen LogP contribution in [-0.2, 0) is 6.61 Å². The molecule has 0 unspecified atom stereocenters. The van der Waals surface area contributed by atoms with Crippen molar-refractivity contribution in [3.63, 3.8) is 0 Å². The van der Waals surface area contributed by atoms with Crippen molar-refractivity contribution >= 4 is 29.9 Å². The first kappa shape index (κ1) is 21.4. The normalized spacial score (nSPS) is 16.4. The number of amides is 1. The minimum atomic E-state index is 0. The number of carbonyl (C=O) groups excluding carboxylic acids is 1. The Morgan fingerprint density at radius 3 is 2.74 bits per heavy atom. The van der Waals surface area contributed by atoms with Crippen molar-refractivity contribution in [2.75, 3.05) is 26.7 Å². The number of piperazine rings is 1. The molecule has 0 aromatic heterocycles. The zero-order valence-electron chi connectivity index (χ0n) is 15.4. The van der Waals surface area contributed by atoms with Crippen LogP contribution in [0.4, 0.5) is 0 Å². The van der Waals surface area contributed by atoms with E-state index in [0.29, 0.717) is 35.2 Å². The number of methoxy groups -OCH3 is 1. The zero-order valence-corrected chi connectivity index (χ0v) is 17.0. The van der Waals surface area contributed by atoms with Crippen molar-refractivity contribution in [3.8, 4) is 11.5 Å². The molecule has 1 aliphatic heterocycles. The molecule has 27 heavy (non-hydrogen) atoms. The highest BCUT2D eigenvalue weighted by Crippen LogP contribution is 2.30. The lowest BCUT2D eigenvalue weighted by atomic mass is 10.1. The van der Waals surface area contributed by atoms with E-state index in [2.05, 4.69) is 5.32 Å². The Bertz CT molecular complexity index is 786. The Balaban J connectivity index is 0.00000261.